The number of thiol groups is 1. The van der Waals surface area contributed by atoms with E-state index in [1.165, 1.54) is 0 Å². The third-order valence-corrected chi connectivity index (χ3v) is 6.89. The van der Waals surface area contributed by atoms with E-state index in [1.54, 1.807) is 0 Å². The number of benzene rings is 4. The summed E-state index contributed by atoms with van der Waals surface area (Å²) in [7, 11) is 0. The fraction of sp³-hybridized carbons (Fsp3) is 0.0333. The van der Waals surface area contributed by atoms with E-state index >= 15 is 0 Å². The van der Waals surface area contributed by atoms with Crippen LogP contribution >= 0.6 is 12.6 Å². The fourth-order valence-electron chi connectivity index (χ4n) is 4.72. The normalized spacial score (nSPS) is 15.5. The van der Waals surface area contributed by atoms with Crippen molar-refractivity contribution in [2.45, 2.75) is 6.17 Å². The molecule has 1 unspecified atom stereocenters. The zero-order valence-corrected chi connectivity index (χ0v) is 20.5. The van der Waals surface area contributed by atoms with Crippen LogP contribution in [0.4, 0.5) is 5.69 Å². The maximum Gasteiger partial charge on any atom is 0.266 e. The molecule has 6 rings (SSSR count). The molecule has 178 valence electrons. The van der Waals surface area contributed by atoms with Gasteiger partial charge in [0.15, 0.2) is 0 Å². The lowest BCUT2D eigenvalue weighted by Crippen LogP contribution is -2.46. The number of carbonyl (C=O) groups excluding carboxylic acids is 1. The van der Waals surface area contributed by atoms with Gasteiger partial charge in [-0.05, 0) is 23.6 Å². The minimum Gasteiger partial charge on any atom is -0.327 e. The predicted octanol–water partition coefficient (Wildman–Crippen LogP) is 5.99. The molecule has 6 nitrogen and oxygen atoms in total. The smallest absolute Gasteiger partial charge is 0.266 e. The van der Waals surface area contributed by atoms with Crippen molar-refractivity contribution in [3.05, 3.63) is 125 Å². The molecule has 1 atom stereocenters. The van der Waals surface area contributed by atoms with Gasteiger partial charge in [-0.2, -0.15) is 10.4 Å². The van der Waals surface area contributed by atoms with E-state index in [0.29, 0.717) is 5.03 Å². The summed E-state index contributed by atoms with van der Waals surface area (Å²) < 4.78 is 1.81. The summed E-state index contributed by atoms with van der Waals surface area (Å²) in [6, 6.07) is 35.7. The molecular weight excluding hydrogens is 478 g/mol. The number of fused-ring (bicyclic) bond motifs is 1. The standard InChI is InChI=1S/C30H21N5OS/c31-18-24-29(36)32-28(35(30(24)37)26-17-9-13-20-10-7-8-16-23(20)26)25-19-34(22-14-5-2-6-15-22)33-27(25)21-11-3-1-4-12-21/h1-17,19,28,37H,(H,32,36). The molecule has 0 saturated carbocycles. The van der Waals surface area contributed by atoms with Crippen molar-refractivity contribution in [3.63, 3.8) is 0 Å². The molecule has 1 aromatic heterocycles. The first kappa shape index (κ1) is 22.7. The molecule has 1 amide bonds. The fourth-order valence-corrected chi connectivity index (χ4v) is 5.09. The van der Waals surface area contributed by atoms with Crippen LogP contribution < -0.4 is 10.2 Å². The number of nitrogens with one attached hydrogen (secondary N) is 1. The average molecular weight is 500 g/mol. The van der Waals surface area contributed by atoms with E-state index in [9.17, 15) is 10.1 Å². The number of amides is 1. The molecule has 0 radical (unpaired) electrons. The van der Waals surface area contributed by atoms with Crippen molar-refractivity contribution in [3.8, 4) is 23.0 Å². The maximum atomic E-state index is 13.1. The molecule has 0 saturated heterocycles. The van der Waals surface area contributed by atoms with Crippen molar-refractivity contribution < 1.29 is 4.79 Å². The van der Waals surface area contributed by atoms with Crippen LogP contribution in [0.2, 0.25) is 0 Å². The highest BCUT2D eigenvalue weighted by molar-refractivity contribution is 7.84. The van der Waals surface area contributed by atoms with Crippen LogP contribution in [0.25, 0.3) is 27.7 Å². The molecule has 1 aliphatic rings. The average Bonchev–Trinajstić information content (AvgIpc) is 3.39. The first-order valence-electron chi connectivity index (χ1n) is 11.8. The van der Waals surface area contributed by atoms with Crippen LogP contribution in [0, 0.1) is 11.3 Å². The van der Waals surface area contributed by atoms with Gasteiger partial charge in [0.25, 0.3) is 5.91 Å². The van der Waals surface area contributed by atoms with Crippen molar-refractivity contribution in [1.82, 2.24) is 15.1 Å². The quantitative estimate of drug-likeness (QED) is 0.298. The highest BCUT2D eigenvalue weighted by atomic mass is 32.1. The van der Waals surface area contributed by atoms with Gasteiger partial charge >= 0.3 is 0 Å². The number of nitriles is 1. The van der Waals surface area contributed by atoms with Crippen LogP contribution in [0.3, 0.4) is 0 Å². The molecule has 2 heterocycles. The topological polar surface area (TPSA) is 74.0 Å². The Bertz CT molecular complexity index is 1700. The highest BCUT2D eigenvalue weighted by Gasteiger charge is 2.37. The van der Waals surface area contributed by atoms with E-state index in [2.05, 4.69) is 5.32 Å². The molecule has 0 bridgehead atoms. The second-order valence-electron chi connectivity index (χ2n) is 8.63. The number of aromatic nitrogens is 2. The molecule has 37 heavy (non-hydrogen) atoms. The lowest BCUT2D eigenvalue weighted by atomic mass is 10.0. The Morgan fingerprint density at radius 3 is 2.30 bits per heavy atom. The Balaban J connectivity index is 1.61. The van der Waals surface area contributed by atoms with E-state index < -0.39 is 12.1 Å². The summed E-state index contributed by atoms with van der Waals surface area (Å²) in [6.07, 6.45) is 1.27. The number of nitrogens with zero attached hydrogens (tertiary/aromatic N) is 4. The highest BCUT2D eigenvalue weighted by Crippen LogP contribution is 2.41. The minimum absolute atomic E-state index is 0.0378. The number of hydrogen-bond donors (Lipinski definition) is 2. The Morgan fingerprint density at radius 2 is 1.54 bits per heavy atom. The van der Waals surface area contributed by atoms with Gasteiger partial charge in [0.2, 0.25) is 0 Å². The number of rotatable bonds is 4. The zero-order chi connectivity index (χ0) is 25.4. The van der Waals surface area contributed by atoms with Gasteiger partial charge in [-0.15, -0.1) is 12.6 Å². The van der Waals surface area contributed by atoms with Gasteiger partial charge in [-0.25, -0.2) is 4.68 Å². The predicted molar refractivity (Wildman–Crippen MR) is 148 cm³/mol. The van der Waals surface area contributed by atoms with Gasteiger partial charge in [-0.1, -0.05) is 84.9 Å². The number of anilines is 1. The SMILES string of the molecule is N#CC1=C(S)N(c2cccc3ccccc23)C(c2cn(-c3ccccc3)nc2-c2ccccc2)NC1=O. The van der Waals surface area contributed by atoms with Gasteiger partial charge in [0, 0.05) is 22.7 Å². The summed E-state index contributed by atoms with van der Waals surface area (Å²) >= 11 is 4.73. The van der Waals surface area contributed by atoms with E-state index in [-0.39, 0.29) is 5.57 Å². The van der Waals surface area contributed by atoms with Crippen LogP contribution in [-0.2, 0) is 4.79 Å². The first-order valence-corrected chi connectivity index (χ1v) is 12.2. The summed E-state index contributed by atoms with van der Waals surface area (Å²) in [5, 5.41) is 20.1. The van der Waals surface area contributed by atoms with Gasteiger partial charge < -0.3 is 10.2 Å². The lowest BCUT2D eigenvalue weighted by molar-refractivity contribution is -0.118. The molecular formula is C30H21N5OS. The summed E-state index contributed by atoms with van der Waals surface area (Å²) in [5.41, 5.74) is 4.09. The molecule has 7 heteroatoms. The summed E-state index contributed by atoms with van der Waals surface area (Å²) in [4.78, 5) is 15.0. The van der Waals surface area contributed by atoms with Crippen LogP contribution in [0.1, 0.15) is 11.7 Å². The Morgan fingerprint density at radius 1 is 0.865 bits per heavy atom. The third-order valence-electron chi connectivity index (χ3n) is 6.45. The van der Waals surface area contributed by atoms with E-state index in [4.69, 9.17) is 17.7 Å². The maximum absolute atomic E-state index is 13.1. The monoisotopic (exact) mass is 499 g/mol. The summed E-state index contributed by atoms with van der Waals surface area (Å²) in [5.74, 6) is -0.472. The van der Waals surface area contributed by atoms with E-state index in [0.717, 1.165) is 39.0 Å². The zero-order valence-electron chi connectivity index (χ0n) is 19.6. The van der Waals surface area contributed by atoms with Gasteiger partial charge in [-0.3, -0.25) is 4.79 Å². The summed E-state index contributed by atoms with van der Waals surface area (Å²) in [6.45, 7) is 0. The van der Waals surface area contributed by atoms with Crippen molar-refractivity contribution in [2.24, 2.45) is 0 Å². The van der Waals surface area contributed by atoms with Crippen LogP contribution in [0.5, 0.6) is 0 Å². The molecule has 0 fully saturated rings. The Labute approximate surface area is 219 Å². The third kappa shape index (κ3) is 3.94. The molecule has 4 aromatic carbocycles. The van der Waals surface area contributed by atoms with Crippen molar-refractivity contribution in [1.29, 1.82) is 5.26 Å². The lowest BCUT2D eigenvalue weighted by Gasteiger charge is -2.38. The van der Waals surface area contributed by atoms with Crippen molar-refractivity contribution >= 4 is 35.0 Å². The first-order chi connectivity index (χ1) is 18.2. The molecule has 5 aromatic rings. The largest absolute Gasteiger partial charge is 0.327 e. The van der Waals surface area contributed by atoms with Crippen LogP contribution in [-0.4, -0.2) is 15.7 Å². The van der Waals surface area contributed by atoms with Crippen LogP contribution in [0.15, 0.2) is 120 Å². The molecule has 0 aliphatic carbocycles. The number of hydrogen-bond acceptors (Lipinski definition) is 5. The minimum atomic E-state index is -0.657. The number of carbonyl (C=O) groups is 1. The second kappa shape index (κ2) is 9.34. The number of para-hydroxylation sites is 1. The van der Waals surface area contributed by atoms with E-state index in [1.807, 2.05) is 125 Å². The molecule has 0 spiro atoms. The van der Waals surface area contributed by atoms with Gasteiger partial charge in [0.05, 0.1) is 22.1 Å². The van der Waals surface area contributed by atoms with Crippen molar-refractivity contribution in [2.75, 3.05) is 4.90 Å². The van der Waals surface area contributed by atoms with Gasteiger partial charge in [0.1, 0.15) is 17.8 Å². The second-order valence-corrected chi connectivity index (χ2v) is 9.06. The molecule has 1 N–H and O–H groups in total. The molecule has 1 aliphatic heterocycles. The Hall–Kier alpha value is -4.80. The Kier molecular flexibility index (Phi) is 5.72.